The number of fused-ring (bicyclic) bond motifs is 1. The SMILES string of the molecule is O=C(Cc1noc2ccccc12)N1CCCCC2(CCN(Cc3ccccn3)CC2)C(=O)OC[C@@H](O)[C@@H](O)CC1. The van der Waals surface area contributed by atoms with Gasteiger partial charge < -0.3 is 24.4 Å². The number of para-hydroxylation sites is 1. The zero-order valence-corrected chi connectivity index (χ0v) is 22.8. The Morgan fingerprint density at radius 1 is 0.975 bits per heavy atom. The molecule has 4 heterocycles. The number of cyclic esters (lactones) is 1. The molecule has 0 radical (unpaired) electrons. The van der Waals surface area contributed by atoms with Gasteiger partial charge in [-0.1, -0.05) is 29.8 Å². The Bertz CT molecular complexity index is 1270. The molecule has 2 saturated heterocycles. The maximum absolute atomic E-state index is 13.3. The van der Waals surface area contributed by atoms with Gasteiger partial charge in [0.05, 0.1) is 23.6 Å². The third kappa shape index (κ3) is 6.68. The Hall–Kier alpha value is -3.34. The summed E-state index contributed by atoms with van der Waals surface area (Å²) in [4.78, 5) is 35.1. The Labute approximate surface area is 233 Å². The van der Waals surface area contributed by atoms with Crippen LogP contribution in [0.25, 0.3) is 11.0 Å². The summed E-state index contributed by atoms with van der Waals surface area (Å²) in [6.07, 6.45) is 3.15. The molecule has 10 nitrogen and oxygen atoms in total. The van der Waals surface area contributed by atoms with Gasteiger partial charge in [-0.2, -0.15) is 0 Å². The van der Waals surface area contributed by atoms with Crippen LogP contribution in [0.1, 0.15) is 49.9 Å². The number of ether oxygens (including phenoxy) is 1. The van der Waals surface area contributed by atoms with Crippen molar-refractivity contribution in [2.24, 2.45) is 5.41 Å². The number of carbonyl (C=O) groups excluding carboxylic acids is 2. The van der Waals surface area contributed by atoms with Crippen molar-refractivity contribution in [2.75, 3.05) is 32.8 Å². The topological polar surface area (TPSA) is 129 Å². The van der Waals surface area contributed by atoms with Crippen LogP contribution in [-0.2, 0) is 27.3 Å². The van der Waals surface area contributed by atoms with E-state index in [-0.39, 0.29) is 37.9 Å². The van der Waals surface area contributed by atoms with Gasteiger partial charge in [0.2, 0.25) is 5.91 Å². The number of benzene rings is 1. The van der Waals surface area contributed by atoms with E-state index in [4.69, 9.17) is 9.26 Å². The highest BCUT2D eigenvalue weighted by Gasteiger charge is 2.42. The molecule has 5 rings (SSSR count). The molecule has 40 heavy (non-hydrogen) atoms. The number of esters is 1. The molecule has 2 N–H and O–H groups in total. The molecule has 1 amide bonds. The molecular formula is C30H38N4O6. The number of amides is 1. The molecule has 0 saturated carbocycles. The fraction of sp³-hybridized carbons (Fsp3) is 0.533. The molecule has 2 atom stereocenters. The molecule has 10 heteroatoms. The Kier molecular flexibility index (Phi) is 9.08. The molecule has 1 aromatic carbocycles. The monoisotopic (exact) mass is 550 g/mol. The minimum Gasteiger partial charge on any atom is -0.462 e. The minimum absolute atomic E-state index is 0.0906. The van der Waals surface area contributed by atoms with E-state index in [1.807, 2.05) is 42.5 Å². The normalized spacial score (nSPS) is 23.2. The van der Waals surface area contributed by atoms with E-state index in [2.05, 4.69) is 15.0 Å². The van der Waals surface area contributed by atoms with Crippen LogP contribution in [0.2, 0.25) is 0 Å². The van der Waals surface area contributed by atoms with Crippen molar-refractivity contribution in [3.05, 3.63) is 60.0 Å². The number of pyridine rings is 1. The molecule has 2 aliphatic heterocycles. The number of aliphatic hydroxyl groups is 2. The van der Waals surface area contributed by atoms with Gasteiger partial charge in [-0.05, 0) is 69.5 Å². The number of hydrogen-bond donors (Lipinski definition) is 2. The summed E-state index contributed by atoms with van der Waals surface area (Å²) in [5.74, 6) is -0.415. The number of nitrogens with zero attached hydrogens (tertiary/aromatic N) is 4. The van der Waals surface area contributed by atoms with E-state index in [0.717, 1.165) is 43.6 Å². The van der Waals surface area contributed by atoms with Crippen LogP contribution in [0.5, 0.6) is 0 Å². The summed E-state index contributed by atoms with van der Waals surface area (Å²) in [6.45, 7) is 2.73. The van der Waals surface area contributed by atoms with E-state index in [1.54, 1.807) is 11.1 Å². The number of piperidine rings is 1. The summed E-state index contributed by atoms with van der Waals surface area (Å²) in [6, 6.07) is 13.3. The number of likely N-dealkylation sites (tertiary alicyclic amines) is 1. The van der Waals surface area contributed by atoms with E-state index in [0.29, 0.717) is 37.1 Å². The maximum atomic E-state index is 13.3. The second-order valence-corrected chi connectivity index (χ2v) is 11.0. The highest BCUT2D eigenvalue weighted by molar-refractivity contribution is 5.86. The number of hydrogen-bond acceptors (Lipinski definition) is 9. The molecule has 0 unspecified atom stereocenters. The van der Waals surface area contributed by atoms with Gasteiger partial charge in [0.1, 0.15) is 18.4 Å². The van der Waals surface area contributed by atoms with Crippen molar-refractivity contribution < 1.29 is 29.1 Å². The van der Waals surface area contributed by atoms with Crippen molar-refractivity contribution in [3.8, 4) is 0 Å². The lowest BCUT2D eigenvalue weighted by Gasteiger charge is -2.40. The number of aromatic nitrogens is 2. The third-order valence-electron chi connectivity index (χ3n) is 8.34. The van der Waals surface area contributed by atoms with Crippen molar-refractivity contribution >= 4 is 22.8 Å². The first-order valence-corrected chi connectivity index (χ1v) is 14.2. The van der Waals surface area contributed by atoms with E-state index >= 15 is 0 Å². The highest BCUT2D eigenvalue weighted by atomic mass is 16.5. The second kappa shape index (κ2) is 12.9. The smallest absolute Gasteiger partial charge is 0.312 e. The molecule has 2 aliphatic rings. The predicted molar refractivity (Wildman–Crippen MR) is 147 cm³/mol. The number of rotatable bonds is 4. The van der Waals surface area contributed by atoms with Crippen LogP contribution in [0, 0.1) is 5.41 Å². The molecule has 1 spiro atoms. The predicted octanol–water partition coefficient (Wildman–Crippen LogP) is 2.72. The van der Waals surface area contributed by atoms with Crippen LogP contribution < -0.4 is 0 Å². The lowest BCUT2D eigenvalue weighted by molar-refractivity contribution is -0.165. The molecule has 3 aromatic rings. The average Bonchev–Trinajstić information content (AvgIpc) is 3.38. The largest absolute Gasteiger partial charge is 0.462 e. The fourth-order valence-corrected chi connectivity index (χ4v) is 5.77. The molecule has 2 fully saturated rings. The Morgan fingerprint density at radius 3 is 2.58 bits per heavy atom. The molecule has 2 aromatic heterocycles. The molecular weight excluding hydrogens is 512 g/mol. The minimum atomic E-state index is -1.22. The van der Waals surface area contributed by atoms with Crippen LogP contribution in [0.4, 0.5) is 0 Å². The molecule has 0 bridgehead atoms. The second-order valence-electron chi connectivity index (χ2n) is 11.0. The summed E-state index contributed by atoms with van der Waals surface area (Å²) >= 11 is 0. The first kappa shape index (κ1) is 28.2. The van der Waals surface area contributed by atoms with E-state index < -0.39 is 17.6 Å². The van der Waals surface area contributed by atoms with Crippen LogP contribution >= 0.6 is 0 Å². The molecule has 0 aliphatic carbocycles. The first-order chi connectivity index (χ1) is 19.4. The lowest BCUT2D eigenvalue weighted by Crippen LogP contribution is -2.46. The Morgan fingerprint density at radius 2 is 1.77 bits per heavy atom. The zero-order valence-electron chi connectivity index (χ0n) is 22.8. The summed E-state index contributed by atoms with van der Waals surface area (Å²) in [5.41, 5.74) is 1.57. The lowest BCUT2D eigenvalue weighted by atomic mass is 9.74. The van der Waals surface area contributed by atoms with Crippen LogP contribution in [0.15, 0.2) is 53.2 Å². The van der Waals surface area contributed by atoms with Crippen LogP contribution in [0.3, 0.4) is 0 Å². The van der Waals surface area contributed by atoms with Crippen molar-refractivity contribution in [1.29, 1.82) is 0 Å². The van der Waals surface area contributed by atoms with Crippen LogP contribution in [-0.4, -0.2) is 87.0 Å². The standard InChI is InChI=1S/C30H38N4O6/c35-25-10-16-34(28(37)19-24-23-8-1-2-9-27(23)40-32-24)15-6-4-11-30(29(38)39-21-26(25)36)12-17-33(18-13-30)20-22-7-3-5-14-31-22/h1-3,5,7-9,14,25-26,35-36H,4,6,10-13,15-21H2/t25-,26+/m0/s1. The number of aliphatic hydroxyl groups excluding tert-OH is 2. The summed E-state index contributed by atoms with van der Waals surface area (Å²) in [5, 5.41) is 26.0. The van der Waals surface area contributed by atoms with Crippen molar-refractivity contribution in [3.63, 3.8) is 0 Å². The summed E-state index contributed by atoms with van der Waals surface area (Å²) in [7, 11) is 0. The van der Waals surface area contributed by atoms with Crippen molar-refractivity contribution in [1.82, 2.24) is 19.9 Å². The van der Waals surface area contributed by atoms with Gasteiger partial charge in [-0.3, -0.25) is 19.5 Å². The first-order valence-electron chi connectivity index (χ1n) is 14.2. The Balaban J connectivity index is 1.24. The maximum Gasteiger partial charge on any atom is 0.312 e. The van der Waals surface area contributed by atoms with Gasteiger partial charge in [0.25, 0.3) is 0 Å². The number of carbonyl (C=O) groups is 2. The summed E-state index contributed by atoms with van der Waals surface area (Å²) < 4.78 is 11.0. The fourth-order valence-electron chi connectivity index (χ4n) is 5.77. The quantitative estimate of drug-likeness (QED) is 0.471. The average molecular weight is 551 g/mol. The molecule has 214 valence electrons. The van der Waals surface area contributed by atoms with Gasteiger partial charge >= 0.3 is 5.97 Å². The van der Waals surface area contributed by atoms with E-state index in [9.17, 15) is 19.8 Å². The van der Waals surface area contributed by atoms with Gasteiger partial charge in [-0.15, -0.1) is 0 Å². The third-order valence-corrected chi connectivity index (χ3v) is 8.34. The van der Waals surface area contributed by atoms with Crippen molar-refractivity contribution in [2.45, 2.75) is 63.7 Å². The van der Waals surface area contributed by atoms with Gasteiger partial charge in [0, 0.05) is 31.2 Å². The van der Waals surface area contributed by atoms with Gasteiger partial charge in [0.15, 0.2) is 5.58 Å². The van der Waals surface area contributed by atoms with E-state index in [1.165, 1.54) is 0 Å². The highest BCUT2D eigenvalue weighted by Crippen LogP contribution is 2.38. The zero-order chi connectivity index (χ0) is 28.0. The van der Waals surface area contributed by atoms with Gasteiger partial charge in [-0.25, -0.2) is 0 Å².